The van der Waals surface area contributed by atoms with Crippen LogP contribution in [0.1, 0.15) is 47.8 Å². The van der Waals surface area contributed by atoms with Crippen molar-refractivity contribution >= 4 is 5.78 Å². The predicted octanol–water partition coefficient (Wildman–Crippen LogP) is 3.83. The third-order valence-electron chi connectivity index (χ3n) is 3.17. The number of hydrogen-bond donors (Lipinski definition) is 0. The molecule has 0 N–H and O–H groups in total. The van der Waals surface area contributed by atoms with Crippen molar-refractivity contribution in [1.82, 2.24) is 4.98 Å². The van der Waals surface area contributed by atoms with Gasteiger partial charge < -0.3 is 0 Å². The summed E-state index contributed by atoms with van der Waals surface area (Å²) in [5.74, 6) is 0.387. The maximum Gasteiger partial charge on any atom is 0.164 e. The molecule has 2 nitrogen and oxygen atoms in total. The molecule has 1 unspecified atom stereocenters. The Balaban J connectivity index is 2.22. The molecule has 0 aliphatic carbocycles. The summed E-state index contributed by atoms with van der Waals surface area (Å²) in [6, 6.07) is 14.1. The monoisotopic (exact) mass is 239 g/mol. The summed E-state index contributed by atoms with van der Waals surface area (Å²) in [4.78, 5) is 15.9. The summed E-state index contributed by atoms with van der Waals surface area (Å²) in [6.07, 6.45) is 2.20. The highest BCUT2D eigenvalue weighted by atomic mass is 16.1. The number of pyridine rings is 1. The molecule has 1 heterocycles. The first kappa shape index (κ1) is 12.5. The number of aromatic nitrogens is 1. The van der Waals surface area contributed by atoms with Gasteiger partial charge in [0.25, 0.3) is 0 Å². The Morgan fingerprint density at radius 3 is 2.44 bits per heavy atom. The number of benzene rings is 1. The van der Waals surface area contributed by atoms with E-state index < -0.39 is 0 Å². The molecule has 0 aliphatic rings. The molecule has 2 rings (SSSR count). The molecule has 1 aromatic carbocycles. The second-order valence-corrected chi connectivity index (χ2v) is 4.38. The summed E-state index contributed by atoms with van der Waals surface area (Å²) in [7, 11) is 0. The first-order chi connectivity index (χ1) is 8.72. The van der Waals surface area contributed by atoms with Gasteiger partial charge in [0, 0.05) is 29.8 Å². The van der Waals surface area contributed by atoms with Crippen LogP contribution < -0.4 is 0 Å². The van der Waals surface area contributed by atoms with Crippen molar-refractivity contribution < 1.29 is 4.79 Å². The molecule has 0 spiro atoms. The Morgan fingerprint density at radius 1 is 1.17 bits per heavy atom. The molecular weight excluding hydrogens is 222 g/mol. The quantitative estimate of drug-likeness (QED) is 0.759. The lowest BCUT2D eigenvalue weighted by Crippen LogP contribution is -2.02. The van der Waals surface area contributed by atoms with Crippen LogP contribution in [0.25, 0.3) is 0 Å². The predicted molar refractivity (Wildman–Crippen MR) is 72.8 cm³/mol. The summed E-state index contributed by atoms with van der Waals surface area (Å²) in [5, 5.41) is 0. The molecule has 18 heavy (non-hydrogen) atoms. The third-order valence-corrected chi connectivity index (χ3v) is 3.17. The van der Waals surface area contributed by atoms with Gasteiger partial charge in [0.05, 0.1) is 0 Å². The van der Waals surface area contributed by atoms with E-state index in [1.807, 2.05) is 37.3 Å². The van der Waals surface area contributed by atoms with Crippen molar-refractivity contribution in [3.63, 3.8) is 0 Å². The van der Waals surface area contributed by atoms with E-state index in [-0.39, 0.29) is 11.7 Å². The van der Waals surface area contributed by atoms with Gasteiger partial charge in [0.1, 0.15) is 0 Å². The van der Waals surface area contributed by atoms with Crippen molar-refractivity contribution in [3.8, 4) is 0 Å². The molecule has 0 fully saturated rings. The van der Waals surface area contributed by atoms with Gasteiger partial charge in [-0.25, -0.2) is 0 Å². The Hall–Kier alpha value is -1.96. The van der Waals surface area contributed by atoms with Crippen molar-refractivity contribution in [1.29, 1.82) is 0 Å². The molecule has 0 aliphatic heterocycles. The van der Waals surface area contributed by atoms with Crippen molar-refractivity contribution in [2.45, 2.75) is 26.2 Å². The van der Waals surface area contributed by atoms with E-state index in [1.54, 1.807) is 6.20 Å². The normalized spacial score (nSPS) is 12.1. The highest BCUT2D eigenvalue weighted by Gasteiger charge is 2.10. The summed E-state index contributed by atoms with van der Waals surface area (Å²) in [6.45, 7) is 3.99. The minimum absolute atomic E-state index is 0.140. The maximum atomic E-state index is 11.5. The Labute approximate surface area is 108 Å². The molecule has 0 radical (unpaired) electrons. The fourth-order valence-corrected chi connectivity index (χ4v) is 1.94. The van der Waals surface area contributed by atoms with Crippen LogP contribution in [0.15, 0.2) is 48.7 Å². The van der Waals surface area contributed by atoms with Crippen molar-refractivity contribution in [3.05, 3.63) is 65.5 Å². The molecule has 0 amide bonds. The Bertz CT molecular complexity index is 517. The lowest BCUT2D eigenvalue weighted by molar-refractivity contribution is 0.0988. The molecule has 92 valence electrons. The zero-order valence-corrected chi connectivity index (χ0v) is 10.8. The summed E-state index contributed by atoms with van der Waals surface area (Å²) in [5.41, 5.74) is 2.93. The van der Waals surface area contributed by atoms with Crippen LogP contribution in [0.2, 0.25) is 0 Å². The minimum atomic E-state index is 0.140. The molecule has 2 heteroatoms. The van der Waals surface area contributed by atoms with Crippen molar-refractivity contribution in [2.75, 3.05) is 0 Å². The SMILES string of the molecule is CCC(=O)c1ccc(C(C)c2ccccc2)nc1. The molecular formula is C16H17NO. The summed E-state index contributed by atoms with van der Waals surface area (Å²) < 4.78 is 0. The molecule has 1 aromatic heterocycles. The van der Waals surface area contributed by atoms with Crippen LogP contribution in [-0.2, 0) is 0 Å². The van der Waals surface area contributed by atoms with Crippen LogP contribution in [0, 0.1) is 0 Å². The largest absolute Gasteiger partial charge is 0.294 e. The zero-order valence-electron chi connectivity index (χ0n) is 10.8. The minimum Gasteiger partial charge on any atom is -0.294 e. The van der Waals surface area contributed by atoms with E-state index in [2.05, 4.69) is 24.0 Å². The fraction of sp³-hybridized carbons (Fsp3) is 0.250. The first-order valence-corrected chi connectivity index (χ1v) is 6.26. The molecule has 2 aromatic rings. The average molecular weight is 239 g/mol. The number of hydrogen-bond acceptors (Lipinski definition) is 2. The van der Waals surface area contributed by atoms with E-state index in [0.29, 0.717) is 12.0 Å². The van der Waals surface area contributed by atoms with Crippen LogP contribution in [0.4, 0.5) is 0 Å². The lowest BCUT2D eigenvalue weighted by Gasteiger charge is -2.11. The van der Waals surface area contributed by atoms with Crippen molar-refractivity contribution in [2.24, 2.45) is 0 Å². The number of ketones is 1. The van der Waals surface area contributed by atoms with E-state index in [0.717, 1.165) is 5.69 Å². The fourth-order valence-electron chi connectivity index (χ4n) is 1.94. The van der Waals surface area contributed by atoms with Gasteiger partial charge in [0.15, 0.2) is 5.78 Å². The second-order valence-electron chi connectivity index (χ2n) is 4.38. The van der Waals surface area contributed by atoms with E-state index in [4.69, 9.17) is 0 Å². The van der Waals surface area contributed by atoms with Gasteiger partial charge in [-0.05, 0) is 17.7 Å². The topological polar surface area (TPSA) is 30.0 Å². The van der Waals surface area contributed by atoms with E-state index in [9.17, 15) is 4.79 Å². The van der Waals surface area contributed by atoms with Crippen LogP contribution in [0.5, 0.6) is 0 Å². The number of carbonyl (C=O) groups is 1. The number of nitrogens with zero attached hydrogens (tertiary/aromatic N) is 1. The van der Waals surface area contributed by atoms with Gasteiger partial charge in [-0.2, -0.15) is 0 Å². The number of carbonyl (C=O) groups excluding carboxylic acids is 1. The molecule has 0 saturated heterocycles. The zero-order chi connectivity index (χ0) is 13.0. The van der Waals surface area contributed by atoms with Crippen LogP contribution in [-0.4, -0.2) is 10.8 Å². The van der Waals surface area contributed by atoms with Gasteiger partial charge in [-0.15, -0.1) is 0 Å². The molecule has 0 saturated carbocycles. The van der Waals surface area contributed by atoms with Gasteiger partial charge in [-0.3, -0.25) is 9.78 Å². The highest BCUT2D eigenvalue weighted by molar-refractivity contribution is 5.95. The van der Waals surface area contributed by atoms with Crippen LogP contribution >= 0.6 is 0 Å². The Morgan fingerprint density at radius 2 is 1.89 bits per heavy atom. The molecule has 0 bridgehead atoms. The first-order valence-electron chi connectivity index (χ1n) is 6.26. The van der Waals surface area contributed by atoms with E-state index in [1.165, 1.54) is 5.56 Å². The van der Waals surface area contributed by atoms with Gasteiger partial charge in [-0.1, -0.05) is 44.2 Å². The standard InChI is InChI=1S/C16H17NO/c1-3-16(18)14-9-10-15(17-11-14)12(2)13-7-5-4-6-8-13/h4-12H,3H2,1-2H3. The maximum absolute atomic E-state index is 11.5. The Kier molecular flexibility index (Phi) is 3.88. The van der Waals surface area contributed by atoms with Gasteiger partial charge >= 0.3 is 0 Å². The lowest BCUT2D eigenvalue weighted by atomic mass is 9.97. The number of Topliss-reactive ketones (excluding diaryl/α,β-unsaturated/α-hetero) is 1. The second kappa shape index (κ2) is 5.58. The van der Waals surface area contributed by atoms with Crippen LogP contribution in [0.3, 0.4) is 0 Å². The smallest absolute Gasteiger partial charge is 0.164 e. The summed E-state index contributed by atoms with van der Waals surface area (Å²) >= 11 is 0. The molecule has 1 atom stereocenters. The number of rotatable bonds is 4. The highest BCUT2D eigenvalue weighted by Crippen LogP contribution is 2.22. The van der Waals surface area contributed by atoms with Gasteiger partial charge in [0.2, 0.25) is 0 Å². The third kappa shape index (κ3) is 2.65. The van der Waals surface area contributed by atoms with E-state index >= 15 is 0 Å². The average Bonchev–Trinajstić information content (AvgIpc) is 2.47.